The molecule has 1 fully saturated rings. The second kappa shape index (κ2) is 11.2. The number of hydrogen-bond donors (Lipinski definition) is 1. The number of rotatable bonds is 8. The molecule has 196 valence electrons. The zero-order chi connectivity index (χ0) is 26.6. The molecule has 2 heterocycles. The van der Waals surface area contributed by atoms with Gasteiger partial charge < -0.3 is 5.32 Å². The molecule has 0 radical (unpaired) electrons. The second-order valence-electron chi connectivity index (χ2n) is 10.2. The molecule has 0 saturated carbocycles. The minimum atomic E-state index is -0.362. The van der Waals surface area contributed by atoms with Crippen molar-refractivity contribution in [3.63, 3.8) is 0 Å². The van der Waals surface area contributed by atoms with Crippen LogP contribution < -0.4 is 11.0 Å². The third-order valence-corrected chi connectivity index (χ3v) is 7.41. The number of halogens is 1. The molecule has 1 aliphatic rings. The van der Waals surface area contributed by atoms with Crippen molar-refractivity contribution in [1.29, 1.82) is 0 Å². The number of likely N-dealkylation sites (tertiary alicyclic amines) is 1. The summed E-state index contributed by atoms with van der Waals surface area (Å²) in [6.45, 7) is 8.57. The normalized spacial score (nSPS) is 17.9. The lowest BCUT2D eigenvalue weighted by Gasteiger charge is -2.40. The summed E-state index contributed by atoms with van der Waals surface area (Å²) < 4.78 is 16.8. The molecule has 1 aromatic heterocycles. The number of allylic oxidation sites excluding steroid dienone is 1. The van der Waals surface area contributed by atoms with E-state index in [1.54, 1.807) is 4.57 Å². The van der Waals surface area contributed by atoms with Crippen LogP contribution in [0.5, 0.6) is 0 Å². The Kier molecular flexibility index (Phi) is 7.56. The van der Waals surface area contributed by atoms with Gasteiger partial charge in [0.1, 0.15) is 5.82 Å². The molecule has 1 N–H and O–H groups in total. The molecule has 0 spiro atoms. The average molecular weight is 513 g/mol. The average Bonchev–Trinajstić information content (AvgIpc) is 3.20. The van der Waals surface area contributed by atoms with Gasteiger partial charge in [0.15, 0.2) is 0 Å². The van der Waals surface area contributed by atoms with Crippen molar-refractivity contribution in [3.8, 4) is 0 Å². The number of nitrogens with zero attached hydrogens (tertiary/aromatic N) is 3. The zero-order valence-electron chi connectivity index (χ0n) is 21.6. The molecule has 0 unspecified atom stereocenters. The molecule has 5 rings (SSSR count). The molecular formula is C31H33FN4O2. The predicted octanol–water partition coefficient (Wildman–Crippen LogP) is 5.14. The van der Waals surface area contributed by atoms with Crippen LogP contribution in [-0.4, -0.2) is 39.1 Å². The van der Waals surface area contributed by atoms with Gasteiger partial charge in [0.25, 0.3) is 5.91 Å². The number of amides is 1. The first-order chi connectivity index (χ1) is 18.4. The first-order valence-electron chi connectivity index (χ1n) is 13.1. The van der Waals surface area contributed by atoms with Gasteiger partial charge in [0.2, 0.25) is 0 Å². The number of piperidine rings is 1. The van der Waals surface area contributed by atoms with Gasteiger partial charge in [-0.25, -0.2) is 9.18 Å². The molecule has 3 aromatic carbocycles. The summed E-state index contributed by atoms with van der Waals surface area (Å²) in [7, 11) is 0. The van der Waals surface area contributed by atoms with Crippen LogP contribution in [-0.2, 0) is 13.1 Å². The van der Waals surface area contributed by atoms with E-state index in [1.807, 2.05) is 54.0 Å². The van der Waals surface area contributed by atoms with Crippen molar-refractivity contribution in [2.45, 2.75) is 38.9 Å². The van der Waals surface area contributed by atoms with Crippen LogP contribution in [0.1, 0.15) is 35.7 Å². The number of hydrogen-bond acceptors (Lipinski definition) is 3. The zero-order valence-corrected chi connectivity index (χ0v) is 21.6. The van der Waals surface area contributed by atoms with Crippen LogP contribution in [0.2, 0.25) is 0 Å². The highest BCUT2D eigenvalue weighted by Crippen LogP contribution is 2.26. The molecule has 1 saturated heterocycles. The first-order valence-corrected chi connectivity index (χ1v) is 13.1. The van der Waals surface area contributed by atoms with Crippen LogP contribution in [0.25, 0.3) is 16.7 Å². The van der Waals surface area contributed by atoms with Gasteiger partial charge in [-0.15, -0.1) is 0 Å². The molecule has 4 aromatic rings. The fourth-order valence-corrected chi connectivity index (χ4v) is 5.50. The van der Waals surface area contributed by atoms with Crippen LogP contribution in [0.3, 0.4) is 0 Å². The fourth-order valence-electron chi connectivity index (χ4n) is 5.50. The quantitative estimate of drug-likeness (QED) is 0.356. The van der Waals surface area contributed by atoms with E-state index < -0.39 is 0 Å². The summed E-state index contributed by atoms with van der Waals surface area (Å²) in [5, 5.41) is 3.05. The van der Waals surface area contributed by atoms with Crippen molar-refractivity contribution in [2.24, 2.45) is 5.92 Å². The van der Waals surface area contributed by atoms with E-state index in [0.717, 1.165) is 37.0 Å². The molecular weight excluding hydrogens is 479 g/mol. The van der Waals surface area contributed by atoms with Crippen LogP contribution in [0, 0.1) is 11.7 Å². The summed E-state index contributed by atoms with van der Waals surface area (Å²) >= 11 is 0. The maximum absolute atomic E-state index is 13.4. The van der Waals surface area contributed by atoms with E-state index in [1.165, 1.54) is 29.8 Å². The van der Waals surface area contributed by atoms with Gasteiger partial charge in [0.05, 0.1) is 11.0 Å². The SMILES string of the molecule is C=C(C)n1c(=O)n(C[C@@H]2CC[C@H](CNC(=O)c3ccc(F)cc3)N(Cc3ccccc3)C2)c2ccccc21. The number of carbonyl (C=O) groups excluding carboxylic acids is 1. The minimum Gasteiger partial charge on any atom is -0.350 e. The van der Waals surface area contributed by atoms with E-state index >= 15 is 0 Å². The lowest BCUT2D eigenvalue weighted by atomic mass is 9.91. The number of fused-ring (bicyclic) bond motifs is 1. The number of carbonyl (C=O) groups is 1. The topological polar surface area (TPSA) is 59.3 Å². The van der Waals surface area contributed by atoms with Crippen LogP contribution in [0.4, 0.5) is 4.39 Å². The lowest BCUT2D eigenvalue weighted by Crippen LogP contribution is -2.49. The van der Waals surface area contributed by atoms with Crippen molar-refractivity contribution >= 4 is 22.6 Å². The van der Waals surface area contributed by atoms with E-state index in [0.29, 0.717) is 24.4 Å². The maximum Gasteiger partial charge on any atom is 0.333 e. The molecule has 1 amide bonds. The molecule has 7 heteroatoms. The number of para-hydroxylation sites is 2. The third-order valence-electron chi connectivity index (χ3n) is 7.41. The standard InChI is InChI=1S/C31H33FN4O2/c1-22(2)36-29-11-7-6-10-28(29)35(31(36)38)21-24-12-17-27(34(20-24)19-23-8-4-3-5-9-23)18-33-30(37)25-13-15-26(32)16-14-25/h3-11,13-16,24,27H,1,12,17-21H2,2H3,(H,33,37)/t24-,27-/m1/s1. The van der Waals surface area contributed by atoms with Crippen molar-refractivity contribution in [1.82, 2.24) is 19.4 Å². The lowest BCUT2D eigenvalue weighted by molar-refractivity contribution is 0.0805. The molecule has 0 aliphatic carbocycles. The Morgan fingerprint density at radius 1 is 0.974 bits per heavy atom. The van der Waals surface area contributed by atoms with E-state index in [4.69, 9.17) is 0 Å². The Morgan fingerprint density at radius 2 is 1.66 bits per heavy atom. The Balaban J connectivity index is 1.34. The monoisotopic (exact) mass is 512 g/mol. The Hall–Kier alpha value is -3.97. The van der Waals surface area contributed by atoms with E-state index in [2.05, 4.69) is 28.9 Å². The van der Waals surface area contributed by atoms with E-state index in [9.17, 15) is 14.0 Å². The Morgan fingerprint density at radius 3 is 2.37 bits per heavy atom. The van der Waals surface area contributed by atoms with Gasteiger partial charge >= 0.3 is 5.69 Å². The summed E-state index contributed by atoms with van der Waals surface area (Å²) in [5.74, 6) is -0.282. The predicted molar refractivity (Wildman–Crippen MR) is 149 cm³/mol. The molecule has 0 bridgehead atoms. The molecule has 1 aliphatic heterocycles. The molecule has 2 atom stereocenters. The second-order valence-corrected chi connectivity index (χ2v) is 10.2. The smallest absolute Gasteiger partial charge is 0.333 e. The summed E-state index contributed by atoms with van der Waals surface area (Å²) in [5.41, 5.74) is 4.10. The summed E-state index contributed by atoms with van der Waals surface area (Å²) in [6.07, 6.45) is 1.84. The molecule has 6 nitrogen and oxygen atoms in total. The number of benzene rings is 3. The van der Waals surface area contributed by atoms with Gasteiger partial charge in [-0.3, -0.25) is 18.8 Å². The van der Waals surface area contributed by atoms with Gasteiger partial charge in [-0.1, -0.05) is 49.0 Å². The maximum atomic E-state index is 13.4. The minimum absolute atomic E-state index is 0.0537. The largest absolute Gasteiger partial charge is 0.350 e. The highest BCUT2D eigenvalue weighted by Gasteiger charge is 2.30. The number of imidazole rings is 1. The van der Waals surface area contributed by atoms with Crippen LogP contribution >= 0.6 is 0 Å². The van der Waals surface area contributed by atoms with Gasteiger partial charge in [-0.05, 0) is 67.6 Å². The van der Waals surface area contributed by atoms with Crippen molar-refractivity contribution in [3.05, 3.63) is 113 Å². The van der Waals surface area contributed by atoms with Crippen molar-refractivity contribution in [2.75, 3.05) is 13.1 Å². The molecule has 38 heavy (non-hydrogen) atoms. The highest BCUT2D eigenvalue weighted by atomic mass is 19.1. The Labute approximate surface area is 222 Å². The van der Waals surface area contributed by atoms with Gasteiger partial charge in [0, 0.05) is 43.5 Å². The first kappa shape index (κ1) is 25.7. The van der Waals surface area contributed by atoms with Crippen LogP contribution in [0.15, 0.2) is 90.2 Å². The fraction of sp³-hybridized carbons (Fsp3) is 0.290. The third kappa shape index (κ3) is 5.48. The van der Waals surface area contributed by atoms with Gasteiger partial charge in [-0.2, -0.15) is 0 Å². The summed E-state index contributed by atoms with van der Waals surface area (Å²) in [6, 6.07) is 23.9. The van der Waals surface area contributed by atoms with Crippen molar-refractivity contribution < 1.29 is 9.18 Å². The number of nitrogens with one attached hydrogen (secondary N) is 1. The highest BCUT2D eigenvalue weighted by molar-refractivity contribution is 5.94. The summed E-state index contributed by atoms with van der Waals surface area (Å²) in [4.78, 5) is 28.5. The van der Waals surface area contributed by atoms with E-state index in [-0.39, 0.29) is 29.4 Å². The number of aromatic nitrogens is 2. The Bertz CT molecular complexity index is 1490.